The lowest BCUT2D eigenvalue weighted by molar-refractivity contribution is 0.529. The van der Waals surface area contributed by atoms with Crippen molar-refractivity contribution in [1.29, 1.82) is 0 Å². The van der Waals surface area contributed by atoms with E-state index in [-0.39, 0.29) is 49.6 Å². The smallest absolute Gasteiger partial charge is 0.0205 e. The van der Waals surface area contributed by atoms with E-state index in [1.165, 1.54) is 88.4 Å². The molecule has 0 aliphatic rings. The summed E-state index contributed by atoms with van der Waals surface area (Å²) < 4.78 is 0. The standard InChI is InChI=1S/C30H50N4.4ClH/c1(3-5-13-21-31-23-15-25-33-27-29-17-9-7-10-18-29)2-4-6-14-22-32-24-16-26-34-28-30-19-11-8-12-20-30;;;;/h7-12,17-20,31-34H,1-6,13-16,21-28H2;4*1H. The zero-order valence-corrected chi connectivity index (χ0v) is 26.4. The van der Waals surface area contributed by atoms with Crippen molar-refractivity contribution in [2.24, 2.45) is 0 Å². The molecule has 4 nitrogen and oxygen atoms in total. The fourth-order valence-corrected chi connectivity index (χ4v) is 4.14. The van der Waals surface area contributed by atoms with E-state index >= 15 is 0 Å². The van der Waals surface area contributed by atoms with Gasteiger partial charge in [0, 0.05) is 13.1 Å². The number of benzene rings is 2. The van der Waals surface area contributed by atoms with Crippen molar-refractivity contribution in [3.05, 3.63) is 71.8 Å². The van der Waals surface area contributed by atoms with Crippen molar-refractivity contribution in [2.45, 2.75) is 77.3 Å². The second-order valence-electron chi connectivity index (χ2n) is 9.36. The second kappa shape index (κ2) is 32.7. The zero-order valence-electron chi connectivity index (χ0n) is 23.1. The highest BCUT2D eigenvalue weighted by Gasteiger charge is 1.95. The van der Waals surface area contributed by atoms with Gasteiger partial charge in [0.25, 0.3) is 0 Å². The molecule has 4 N–H and O–H groups in total. The third-order valence-corrected chi connectivity index (χ3v) is 6.22. The van der Waals surface area contributed by atoms with Crippen molar-refractivity contribution in [1.82, 2.24) is 21.3 Å². The van der Waals surface area contributed by atoms with Crippen molar-refractivity contribution in [2.75, 3.05) is 39.3 Å². The lowest BCUT2D eigenvalue weighted by Gasteiger charge is -2.07. The van der Waals surface area contributed by atoms with E-state index in [1.54, 1.807) is 0 Å². The third-order valence-electron chi connectivity index (χ3n) is 6.22. The van der Waals surface area contributed by atoms with Crippen molar-refractivity contribution >= 4 is 49.6 Å². The van der Waals surface area contributed by atoms with E-state index in [2.05, 4.69) is 81.9 Å². The molecule has 2 aromatic carbocycles. The Morgan fingerprint density at radius 2 is 0.605 bits per heavy atom. The molecule has 0 aliphatic carbocycles. The summed E-state index contributed by atoms with van der Waals surface area (Å²) in [5, 5.41) is 14.2. The monoisotopic (exact) mass is 610 g/mol. The summed E-state index contributed by atoms with van der Waals surface area (Å²) in [7, 11) is 0. The molecule has 0 radical (unpaired) electrons. The summed E-state index contributed by atoms with van der Waals surface area (Å²) in [6, 6.07) is 21.3. The number of halogens is 4. The summed E-state index contributed by atoms with van der Waals surface area (Å²) in [6.45, 7) is 8.72. The quantitative estimate of drug-likeness (QED) is 0.0993. The van der Waals surface area contributed by atoms with E-state index in [9.17, 15) is 0 Å². The predicted molar refractivity (Wildman–Crippen MR) is 177 cm³/mol. The Hall–Kier alpha value is -0.560. The fourth-order valence-electron chi connectivity index (χ4n) is 4.14. The van der Waals surface area contributed by atoms with E-state index < -0.39 is 0 Å². The molecular formula is C30H54Cl4N4. The van der Waals surface area contributed by atoms with Gasteiger partial charge in [-0.25, -0.2) is 0 Å². The molecule has 8 heteroatoms. The van der Waals surface area contributed by atoms with Crippen LogP contribution in [-0.2, 0) is 13.1 Å². The van der Waals surface area contributed by atoms with E-state index in [4.69, 9.17) is 0 Å². The van der Waals surface area contributed by atoms with Crippen LogP contribution in [0, 0.1) is 0 Å². The Morgan fingerprint density at radius 3 is 0.974 bits per heavy atom. The van der Waals surface area contributed by atoms with E-state index in [1.807, 2.05) is 0 Å². The minimum absolute atomic E-state index is 0. The van der Waals surface area contributed by atoms with E-state index in [0.717, 1.165) is 39.3 Å². The van der Waals surface area contributed by atoms with Crippen LogP contribution >= 0.6 is 49.6 Å². The van der Waals surface area contributed by atoms with Crippen LogP contribution < -0.4 is 21.3 Å². The minimum Gasteiger partial charge on any atom is -0.317 e. The molecular weight excluding hydrogens is 558 g/mol. The molecule has 0 atom stereocenters. The highest BCUT2D eigenvalue weighted by atomic mass is 35.5. The van der Waals surface area contributed by atoms with Gasteiger partial charge in [0.05, 0.1) is 0 Å². The van der Waals surface area contributed by atoms with Gasteiger partial charge in [-0.2, -0.15) is 0 Å². The SMILES string of the molecule is Cl.Cl.Cl.Cl.c1ccc(CNCCCNCCCCCCCCCCNCCCNCc2ccccc2)cc1. The van der Waals surface area contributed by atoms with Gasteiger partial charge < -0.3 is 21.3 Å². The largest absolute Gasteiger partial charge is 0.317 e. The molecule has 2 rings (SSSR count). The first-order chi connectivity index (χ1) is 16.9. The Bertz CT molecular complexity index is 621. The van der Waals surface area contributed by atoms with Gasteiger partial charge in [0.15, 0.2) is 0 Å². The Balaban J connectivity index is -0.00000306. The maximum atomic E-state index is 3.59. The van der Waals surface area contributed by atoms with Crippen LogP contribution in [0.1, 0.15) is 75.3 Å². The first-order valence-electron chi connectivity index (χ1n) is 13.9. The van der Waals surface area contributed by atoms with Crippen molar-refractivity contribution < 1.29 is 0 Å². The van der Waals surface area contributed by atoms with Gasteiger partial charge in [0.2, 0.25) is 0 Å². The molecule has 0 aliphatic heterocycles. The molecule has 0 unspecified atom stereocenters. The summed E-state index contributed by atoms with van der Waals surface area (Å²) >= 11 is 0. The highest BCUT2D eigenvalue weighted by Crippen LogP contribution is 2.08. The normalized spacial score (nSPS) is 10.0. The van der Waals surface area contributed by atoms with Crippen LogP contribution in [0.4, 0.5) is 0 Å². The fraction of sp³-hybridized carbons (Fsp3) is 0.600. The van der Waals surface area contributed by atoms with Gasteiger partial charge in [0.1, 0.15) is 0 Å². The van der Waals surface area contributed by atoms with Crippen LogP contribution in [-0.4, -0.2) is 39.3 Å². The zero-order chi connectivity index (χ0) is 23.8. The molecule has 0 bridgehead atoms. The first-order valence-corrected chi connectivity index (χ1v) is 13.9. The van der Waals surface area contributed by atoms with E-state index in [0.29, 0.717) is 0 Å². The van der Waals surface area contributed by atoms with Crippen LogP contribution in [0.5, 0.6) is 0 Å². The third kappa shape index (κ3) is 25.7. The van der Waals surface area contributed by atoms with Gasteiger partial charge in [-0.1, -0.05) is 99.2 Å². The van der Waals surface area contributed by atoms with Gasteiger partial charge in [-0.3, -0.25) is 0 Å². The summed E-state index contributed by atoms with van der Waals surface area (Å²) in [6.07, 6.45) is 13.4. The Labute approximate surface area is 258 Å². The molecule has 2 aromatic rings. The average Bonchev–Trinajstić information content (AvgIpc) is 2.88. The maximum Gasteiger partial charge on any atom is 0.0205 e. The van der Waals surface area contributed by atoms with Crippen molar-refractivity contribution in [3.63, 3.8) is 0 Å². The average molecular weight is 613 g/mol. The first kappa shape index (κ1) is 41.9. The number of hydrogen-bond acceptors (Lipinski definition) is 4. The molecule has 222 valence electrons. The molecule has 0 amide bonds. The number of unbranched alkanes of at least 4 members (excludes halogenated alkanes) is 7. The molecule has 0 saturated heterocycles. The van der Waals surface area contributed by atoms with Crippen molar-refractivity contribution in [3.8, 4) is 0 Å². The van der Waals surface area contributed by atoms with Gasteiger partial charge >= 0.3 is 0 Å². The molecule has 0 spiro atoms. The number of nitrogens with one attached hydrogen (secondary N) is 4. The molecule has 0 aromatic heterocycles. The highest BCUT2D eigenvalue weighted by molar-refractivity contribution is 5.86. The van der Waals surface area contributed by atoms with Crippen LogP contribution in [0.15, 0.2) is 60.7 Å². The topological polar surface area (TPSA) is 48.1 Å². The number of hydrogen-bond donors (Lipinski definition) is 4. The van der Waals surface area contributed by atoms with Crippen LogP contribution in [0.2, 0.25) is 0 Å². The van der Waals surface area contributed by atoms with Crippen LogP contribution in [0.25, 0.3) is 0 Å². The summed E-state index contributed by atoms with van der Waals surface area (Å²) in [4.78, 5) is 0. The van der Waals surface area contributed by atoms with Gasteiger partial charge in [-0.15, -0.1) is 49.6 Å². The molecule has 0 saturated carbocycles. The lowest BCUT2D eigenvalue weighted by atomic mass is 10.1. The molecule has 38 heavy (non-hydrogen) atoms. The Kier molecular flexibility index (Phi) is 36.0. The minimum atomic E-state index is 0. The molecule has 0 heterocycles. The second-order valence-corrected chi connectivity index (χ2v) is 9.36. The number of rotatable bonds is 23. The lowest BCUT2D eigenvalue weighted by Crippen LogP contribution is -2.22. The Morgan fingerprint density at radius 1 is 0.316 bits per heavy atom. The predicted octanol–water partition coefficient (Wildman–Crippen LogP) is 7.33. The summed E-state index contributed by atoms with van der Waals surface area (Å²) in [5.41, 5.74) is 2.73. The van der Waals surface area contributed by atoms with Gasteiger partial charge in [-0.05, 0) is 76.1 Å². The maximum absolute atomic E-state index is 3.59. The summed E-state index contributed by atoms with van der Waals surface area (Å²) in [5.74, 6) is 0. The molecule has 0 fully saturated rings. The van der Waals surface area contributed by atoms with Crippen LogP contribution in [0.3, 0.4) is 0 Å².